The van der Waals surface area contributed by atoms with Crippen molar-refractivity contribution in [2.45, 2.75) is 36.8 Å². The van der Waals surface area contributed by atoms with E-state index in [9.17, 15) is 17.2 Å². The van der Waals surface area contributed by atoms with E-state index in [-0.39, 0.29) is 30.2 Å². The van der Waals surface area contributed by atoms with Crippen LogP contribution in [0, 0.1) is 11.6 Å². The lowest BCUT2D eigenvalue weighted by Crippen LogP contribution is -2.39. The van der Waals surface area contributed by atoms with Crippen LogP contribution in [-0.4, -0.2) is 49.1 Å². The molecule has 1 atom stereocenters. The van der Waals surface area contributed by atoms with E-state index in [1.165, 1.54) is 27.8 Å². The monoisotopic (exact) mass is 525 g/mol. The Hall–Kier alpha value is -3.09. The van der Waals surface area contributed by atoms with Crippen LogP contribution in [0.15, 0.2) is 58.3 Å². The topological polar surface area (TPSA) is 109 Å². The van der Waals surface area contributed by atoms with Gasteiger partial charge in [-0.2, -0.15) is 4.39 Å². The number of sulfonamides is 1. The average Bonchev–Trinajstić information content (AvgIpc) is 3.35. The van der Waals surface area contributed by atoms with Crippen LogP contribution in [0.25, 0.3) is 0 Å². The molecule has 1 aliphatic rings. The van der Waals surface area contributed by atoms with Gasteiger partial charge in [-0.05, 0) is 37.5 Å². The second-order valence-electron chi connectivity index (χ2n) is 7.71. The molecule has 0 radical (unpaired) electrons. The van der Waals surface area contributed by atoms with Gasteiger partial charge in [-0.3, -0.25) is 14.4 Å². The maximum absolute atomic E-state index is 14.6. The first-order chi connectivity index (χ1) is 16.8. The first kappa shape index (κ1) is 26.5. The average molecular weight is 526 g/mol. The predicted molar refractivity (Wildman–Crippen MR) is 128 cm³/mol. The summed E-state index contributed by atoms with van der Waals surface area (Å²) in [6, 6.07) is 12.6. The summed E-state index contributed by atoms with van der Waals surface area (Å²) in [4.78, 5) is 13.7. The number of benzene rings is 2. The summed E-state index contributed by atoms with van der Waals surface area (Å²) in [5.74, 6) is -3.03. The molecule has 3 aromatic rings. The fourth-order valence-corrected chi connectivity index (χ4v) is 5.40. The molecule has 1 saturated heterocycles. The van der Waals surface area contributed by atoms with Crippen molar-refractivity contribution in [3.8, 4) is 5.75 Å². The maximum Gasteiger partial charge on any atom is 0.290 e. The van der Waals surface area contributed by atoms with Crippen molar-refractivity contribution in [2.24, 2.45) is 0 Å². The van der Waals surface area contributed by atoms with Crippen LogP contribution < -0.4 is 9.46 Å². The third-order valence-electron chi connectivity index (χ3n) is 5.57. The summed E-state index contributed by atoms with van der Waals surface area (Å²) >= 11 is 1.18. The van der Waals surface area contributed by atoms with Gasteiger partial charge in [0.15, 0.2) is 17.4 Å². The van der Waals surface area contributed by atoms with Crippen molar-refractivity contribution in [2.75, 3.05) is 17.8 Å². The van der Waals surface area contributed by atoms with Gasteiger partial charge in [0.25, 0.3) is 16.5 Å². The number of nitrogens with one attached hydrogen (secondary N) is 1. The van der Waals surface area contributed by atoms with Gasteiger partial charge in [0.05, 0.1) is 5.51 Å². The molecule has 4 rings (SSSR count). The van der Waals surface area contributed by atoms with E-state index in [1.54, 1.807) is 0 Å². The summed E-state index contributed by atoms with van der Waals surface area (Å²) in [7, 11) is -4.31. The second kappa shape index (κ2) is 12.0. The lowest BCUT2D eigenvalue weighted by molar-refractivity contribution is -0.122. The van der Waals surface area contributed by atoms with Crippen molar-refractivity contribution >= 4 is 33.7 Å². The number of aromatic nitrogens is 1. The molecule has 12 heteroatoms. The number of thiazole rings is 1. The van der Waals surface area contributed by atoms with Crippen LogP contribution in [0.4, 0.5) is 14.6 Å². The third-order valence-corrected chi connectivity index (χ3v) is 7.53. The Morgan fingerprint density at radius 1 is 1.17 bits per heavy atom. The number of hydrogen-bond acceptors (Lipinski definition) is 7. The molecule has 1 aliphatic heterocycles. The van der Waals surface area contributed by atoms with Gasteiger partial charge < -0.3 is 9.84 Å². The van der Waals surface area contributed by atoms with Crippen LogP contribution in [0.2, 0.25) is 0 Å². The number of anilines is 1. The van der Waals surface area contributed by atoms with Crippen molar-refractivity contribution in [3.63, 3.8) is 0 Å². The SMILES string of the molecule is CC(c1ccccc1)N1CCC(Oc2ccc(S(=O)(=O)Nc3cscn3)c(F)c2F)CC1.O=CO. The first-order valence-corrected chi connectivity index (χ1v) is 13.1. The van der Waals surface area contributed by atoms with Crippen molar-refractivity contribution in [1.82, 2.24) is 9.88 Å². The highest BCUT2D eigenvalue weighted by Gasteiger charge is 2.28. The minimum atomic E-state index is -4.31. The van der Waals surface area contributed by atoms with Gasteiger partial charge in [0, 0.05) is 24.5 Å². The lowest BCUT2D eigenvalue weighted by atomic mass is 10.0. The molecule has 35 heavy (non-hydrogen) atoms. The molecule has 1 unspecified atom stereocenters. The molecule has 2 N–H and O–H groups in total. The van der Waals surface area contributed by atoms with Gasteiger partial charge in [0.2, 0.25) is 5.82 Å². The van der Waals surface area contributed by atoms with E-state index in [0.717, 1.165) is 25.2 Å². The number of ether oxygens (including phenoxy) is 1. The normalized spacial score (nSPS) is 15.5. The van der Waals surface area contributed by atoms with Gasteiger partial charge in [-0.15, -0.1) is 11.3 Å². The molecule has 0 bridgehead atoms. The molecule has 2 aromatic carbocycles. The number of halogens is 2. The molecule has 0 saturated carbocycles. The zero-order chi connectivity index (χ0) is 25.4. The molecule has 0 aliphatic carbocycles. The molecule has 1 aromatic heterocycles. The number of carboxylic acid groups (broad SMARTS) is 1. The van der Waals surface area contributed by atoms with E-state index in [1.807, 2.05) is 18.2 Å². The Labute approximate surface area is 206 Å². The maximum atomic E-state index is 14.6. The largest absolute Gasteiger partial charge is 0.487 e. The summed E-state index contributed by atoms with van der Waals surface area (Å²) < 4.78 is 61.9. The predicted octanol–water partition coefficient (Wildman–Crippen LogP) is 4.53. The fourth-order valence-electron chi connectivity index (χ4n) is 3.77. The van der Waals surface area contributed by atoms with Crippen molar-refractivity contribution in [1.29, 1.82) is 0 Å². The fraction of sp³-hybridized carbons (Fsp3) is 0.304. The van der Waals surface area contributed by atoms with E-state index < -0.39 is 26.6 Å². The van der Waals surface area contributed by atoms with E-state index in [4.69, 9.17) is 14.6 Å². The Balaban J connectivity index is 0.00000108. The molecule has 0 amide bonds. The number of carbonyl (C=O) groups is 1. The molecular weight excluding hydrogens is 500 g/mol. The standard InChI is InChI=1S/C22H23F2N3O3S2.CH2O2/c1-15(16-5-3-2-4-6-16)27-11-9-17(10-12-27)30-18-7-8-19(22(24)21(18)23)32(28,29)26-20-13-31-14-25-20;2-1-3/h2-8,13-15,17,26H,9-12H2,1H3;1H,(H,2,3). The smallest absolute Gasteiger partial charge is 0.290 e. The second-order valence-corrected chi connectivity index (χ2v) is 10.1. The lowest BCUT2D eigenvalue weighted by Gasteiger charge is -2.36. The van der Waals surface area contributed by atoms with Gasteiger partial charge in [-0.1, -0.05) is 30.3 Å². The quantitative estimate of drug-likeness (QED) is 0.437. The number of rotatable bonds is 7. The van der Waals surface area contributed by atoms with E-state index >= 15 is 0 Å². The molecule has 8 nitrogen and oxygen atoms in total. The third kappa shape index (κ3) is 6.74. The van der Waals surface area contributed by atoms with E-state index in [2.05, 4.69) is 33.7 Å². The Morgan fingerprint density at radius 2 is 1.83 bits per heavy atom. The van der Waals surface area contributed by atoms with Crippen molar-refractivity contribution in [3.05, 3.63) is 70.6 Å². The van der Waals surface area contributed by atoms with Crippen LogP contribution in [0.3, 0.4) is 0 Å². The summed E-state index contributed by atoms with van der Waals surface area (Å²) in [5, 5.41) is 8.34. The molecular formula is C23H25F2N3O5S2. The molecule has 1 fully saturated rings. The molecule has 0 spiro atoms. The van der Waals surface area contributed by atoms with Crippen LogP contribution >= 0.6 is 11.3 Å². The van der Waals surface area contributed by atoms with Crippen LogP contribution in [0.1, 0.15) is 31.4 Å². The van der Waals surface area contributed by atoms with Crippen molar-refractivity contribution < 1.29 is 31.8 Å². The Morgan fingerprint density at radius 3 is 2.43 bits per heavy atom. The van der Waals surface area contributed by atoms with E-state index in [0.29, 0.717) is 12.8 Å². The van der Waals surface area contributed by atoms with Gasteiger partial charge in [0.1, 0.15) is 11.0 Å². The van der Waals surface area contributed by atoms with Crippen LogP contribution in [0.5, 0.6) is 5.75 Å². The zero-order valence-electron chi connectivity index (χ0n) is 18.8. The first-order valence-electron chi connectivity index (χ1n) is 10.7. The number of likely N-dealkylation sites (tertiary alicyclic amines) is 1. The highest BCUT2D eigenvalue weighted by atomic mass is 32.2. The Bertz CT molecular complexity index is 1200. The van der Waals surface area contributed by atoms with Crippen LogP contribution in [-0.2, 0) is 14.8 Å². The summed E-state index contributed by atoms with van der Waals surface area (Å²) in [6.07, 6.45) is 1.03. The number of hydrogen-bond donors (Lipinski definition) is 2. The zero-order valence-corrected chi connectivity index (χ0v) is 20.4. The van der Waals surface area contributed by atoms with Gasteiger partial charge in [-0.25, -0.2) is 17.8 Å². The minimum absolute atomic E-state index is 0.0478. The molecule has 188 valence electrons. The number of piperidine rings is 1. The minimum Gasteiger partial charge on any atom is -0.487 e. The summed E-state index contributed by atoms with van der Waals surface area (Å²) in [5.41, 5.74) is 2.65. The highest BCUT2D eigenvalue weighted by Crippen LogP contribution is 2.30. The Kier molecular flexibility index (Phi) is 9.13. The highest BCUT2D eigenvalue weighted by molar-refractivity contribution is 7.92. The summed E-state index contributed by atoms with van der Waals surface area (Å²) in [6.45, 7) is 3.41. The molecule has 2 heterocycles. The van der Waals surface area contributed by atoms with Gasteiger partial charge >= 0.3 is 0 Å². The number of nitrogens with zero attached hydrogens (tertiary/aromatic N) is 2.